The summed E-state index contributed by atoms with van der Waals surface area (Å²) in [7, 11) is 0. The van der Waals surface area contributed by atoms with E-state index >= 15 is 0 Å². The van der Waals surface area contributed by atoms with E-state index < -0.39 is 5.97 Å². The minimum absolute atomic E-state index is 0.297. The van der Waals surface area contributed by atoms with Crippen molar-refractivity contribution in [2.75, 3.05) is 13.1 Å². The summed E-state index contributed by atoms with van der Waals surface area (Å²) >= 11 is 0. The highest BCUT2D eigenvalue weighted by Gasteiger charge is 2.25. The number of fused-ring (bicyclic) bond motifs is 3. The minimum atomic E-state index is -0.833. The number of aliphatic imine (C=N–C) groups is 1. The van der Waals surface area contributed by atoms with Gasteiger partial charge in [0.05, 0.1) is 12.6 Å². The Hall–Kier alpha value is -2.82. The van der Waals surface area contributed by atoms with Gasteiger partial charge in [0.1, 0.15) is 0 Å². The molecule has 3 N–H and O–H groups in total. The lowest BCUT2D eigenvalue weighted by Crippen LogP contribution is -2.38. The van der Waals surface area contributed by atoms with Crippen molar-refractivity contribution < 1.29 is 9.90 Å². The largest absolute Gasteiger partial charge is 0.481 e. The monoisotopic (exact) mass is 323 g/mol. The van der Waals surface area contributed by atoms with Crippen LogP contribution in [0.25, 0.3) is 11.1 Å². The third-order valence-corrected chi connectivity index (χ3v) is 4.05. The van der Waals surface area contributed by atoms with Gasteiger partial charge in [-0.05, 0) is 28.7 Å². The number of nitrogens with zero attached hydrogens (tertiary/aromatic N) is 1. The first-order chi connectivity index (χ1) is 11.6. The molecule has 0 radical (unpaired) electrons. The maximum Gasteiger partial charge on any atom is 0.300 e. The summed E-state index contributed by atoms with van der Waals surface area (Å²) in [6.07, 6.45) is 1.01. The van der Waals surface area contributed by atoms with E-state index in [9.17, 15) is 0 Å². The van der Waals surface area contributed by atoms with Gasteiger partial charge in [-0.2, -0.15) is 0 Å². The standard InChI is InChI=1S/C17H17N3.C2H4O2/c1-2-6-13-12(5-1)11-16(20-17-18-9-10-19-17)15-8-4-3-7-14(13)15;1-2(3)4/h1-8,16H,9-11H2,(H2,18,19,20);1H3,(H,3,4). The average Bonchev–Trinajstić information content (AvgIpc) is 3.08. The Labute approximate surface area is 141 Å². The highest BCUT2D eigenvalue weighted by Crippen LogP contribution is 2.38. The maximum atomic E-state index is 9.00. The molecule has 5 nitrogen and oxygen atoms in total. The van der Waals surface area contributed by atoms with E-state index in [0.717, 1.165) is 32.4 Å². The molecule has 1 heterocycles. The van der Waals surface area contributed by atoms with E-state index in [2.05, 4.69) is 64.2 Å². The number of carbonyl (C=O) groups is 1. The SMILES string of the molecule is CC(=O)O.c1ccc2c(c1)CC(NC1=NCCN1)c1ccccc1-2. The van der Waals surface area contributed by atoms with Crippen molar-refractivity contribution in [1.29, 1.82) is 0 Å². The molecule has 0 aromatic heterocycles. The second kappa shape index (κ2) is 7.17. The molecular formula is C19H21N3O2. The average molecular weight is 323 g/mol. The van der Waals surface area contributed by atoms with E-state index in [4.69, 9.17) is 9.90 Å². The summed E-state index contributed by atoms with van der Waals surface area (Å²) < 4.78 is 0. The normalized spacial score (nSPS) is 17.4. The predicted molar refractivity (Wildman–Crippen MR) is 95.1 cm³/mol. The molecule has 1 unspecified atom stereocenters. The minimum Gasteiger partial charge on any atom is -0.481 e. The van der Waals surface area contributed by atoms with E-state index in [1.807, 2.05) is 0 Å². The second-order valence-electron chi connectivity index (χ2n) is 5.82. The van der Waals surface area contributed by atoms with Gasteiger partial charge in [-0.3, -0.25) is 9.79 Å². The highest BCUT2D eigenvalue weighted by atomic mass is 16.4. The molecule has 2 aromatic rings. The molecule has 0 fully saturated rings. The van der Waals surface area contributed by atoms with Gasteiger partial charge >= 0.3 is 0 Å². The zero-order valence-corrected chi connectivity index (χ0v) is 13.6. The summed E-state index contributed by atoms with van der Waals surface area (Å²) in [5.41, 5.74) is 5.47. The molecule has 1 atom stereocenters. The van der Waals surface area contributed by atoms with Crippen LogP contribution >= 0.6 is 0 Å². The summed E-state index contributed by atoms with van der Waals surface area (Å²) in [6.45, 7) is 2.89. The Morgan fingerprint density at radius 2 is 1.83 bits per heavy atom. The number of hydrogen-bond donors (Lipinski definition) is 3. The topological polar surface area (TPSA) is 73.7 Å². The van der Waals surface area contributed by atoms with Gasteiger partial charge in [0.2, 0.25) is 0 Å². The highest BCUT2D eigenvalue weighted by molar-refractivity contribution is 5.83. The van der Waals surface area contributed by atoms with Crippen LogP contribution in [0.15, 0.2) is 53.5 Å². The Morgan fingerprint density at radius 1 is 1.17 bits per heavy atom. The van der Waals surface area contributed by atoms with Gasteiger partial charge in [-0.25, -0.2) is 0 Å². The lowest BCUT2D eigenvalue weighted by atomic mass is 9.82. The smallest absolute Gasteiger partial charge is 0.300 e. The van der Waals surface area contributed by atoms with Crippen molar-refractivity contribution in [2.24, 2.45) is 4.99 Å². The summed E-state index contributed by atoms with van der Waals surface area (Å²) in [5, 5.41) is 14.3. The van der Waals surface area contributed by atoms with Crippen LogP contribution in [-0.2, 0) is 11.2 Å². The van der Waals surface area contributed by atoms with Crippen molar-refractivity contribution in [3.8, 4) is 11.1 Å². The third-order valence-electron chi connectivity index (χ3n) is 4.05. The van der Waals surface area contributed by atoms with Gasteiger partial charge in [-0.15, -0.1) is 0 Å². The van der Waals surface area contributed by atoms with Crippen LogP contribution in [0.4, 0.5) is 0 Å². The molecule has 0 bridgehead atoms. The maximum absolute atomic E-state index is 9.00. The fourth-order valence-electron chi connectivity index (χ4n) is 3.13. The first-order valence-electron chi connectivity index (χ1n) is 8.06. The number of carboxylic acids is 1. The van der Waals surface area contributed by atoms with Crippen LogP contribution in [0.1, 0.15) is 24.1 Å². The van der Waals surface area contributed by atoms with Crippen molar-refractivity contribution in [3.63, 3.8) is 0 Å². The lowest BCUT2D eigenvalue weighted by molar-refractivity contribution is -0.134. The molecule has 2 aliphatic rings. The molecule has 0 amide bonds. The number of guanidine groups is 1. The molecule has 1 aliphatic carbocycles. The zero-order valence-electron chi connectivity index (χ0n) is 13.6. The lowest BCUT2D eigenvalue weighted by Gasteiger charge is -2.29. The molecule has 2 aromatic carbocycles. The number of aliphatic carboxylic acids is 1. The van der Waals surface area contributed by atoms with E-state index in [0.29, 0.717) is 6.04 Å². The van der Waals surface area contributed by atoms with Crippen molar-refractivity contribution in [2.45, 2.75) is 19.4 Å². The molecule has 5 heteroatoms. The van der Waals surface area contributed by atoms with Crippen LogP contribution < -0.4 is 10.6 Å². The van der Waals surface area contributed by atoms with Gasteiger partial charge < -0.3 is 15.7 Å². The van der Waals surface area contributed by atoms with Crippen molar-refractivity contribution >= 4 is 11.9 Å². The Balaban J connectivity index is 0.000000383. The summed E-state index contributed by atoms with van der Waals surface area (Å²) in [6, 6.07) is 17.6. The first-order valence-corrected chi connectivity index (χ1v) is 8.06. The molecule has 1 aliphatic heterocycles. The van der Waals surface area contributed by atoms with Crippen molar-refractivity contribution in [1.82, 2.24) is 10.6 Å². The molecular weight excluding hydrogens is 302 g/mol. The van der Waals surface area contributed by atoms with Crippen LogP contribution in [0.3, 0.4) is 0 Å². The van der Waals surface area contributed by atoms with E-state index in [1.165, 1.54) is 22.3 Å². The Bertz CT molecular complexity index is 767. The molecule has 4 rings (SSSR count). The number of benzene rings is 2. The second-order valence-corrected chi connectivity index (χ2v) is 5.82. The van der Waals surface area contributed by atoms with Gasteiger partial charge in [0, 0.05) is 13.5 Å². The van der Waals surface area contributed by atoms with Crippen LogP contribution in [0.5, 0.6) is 0 Å². The molecule has 124 valence electrons. The third kappa shape index (κ3) is 3.56. The predicted octanol–water partition coefficient (Wildman–Crippen LogP) is 2.59. The summed E-state index contributed by atoms with van der Waals surface area (Å²) in [5.74, 6) is 0.101. The molecule has 0 spiro atoms. The zero-order chi connectivity index (χ0) is 16.9. The fourth-order valence-corrected chi connectivity index (χ4v) is 3.13. The van der Waals surface area contributed by atoms with Gasteiger partial charge in [0.25, 0.3) is 5.97 Å². The van der Waals surface area contributed by atoms with Crippen LogP contribution in [0, 0.1) is 0 Å². The number of nitrogens with one attached hydrogen (secondary N) is 2. The number of carboxylic acid groups (broad SMARTS) is 1. The molecule has 0 saturated heterocycles. The first kappa shape index (κ1) is 16.1. The Kier molecular flexibility index (Phi) is 4.79. The quantitative estimate of drug-likeness (QED) is 0.754. The van der Waals surface area contributed by atoms with Gasteiger partial charge in [-0.1, -0.05) is 48.5 Å². The number of rotatable bonds is 1. The van der Waals surface area contributed by atoms with Crippen LogP contribution in [-0.4, -0.2) is 30.1 Å². The summed E-state index contributed by atoms with van der Waals surface area (Å²) in [4.78, 5) is 13.5. The molecule has 0 saturated carbocycles. The molecule has 24 heavy (non-hydrogen) atoms. The fraction of sp³-hybridized carbons (Fsp3) is 0.263. The van der Waals surface area contributed by atoms with E-state index in [1.54, 1.807) is 0 Å². The van der Waals surface area contributed by atoms with Gasteiger partial charge in [0.15, 0.2) is 5.96 Å². The Morgan fingerprint density at radius 3 is 2.54 bits per heavy atom. The van der Waals surface area contributed by atoms with Crippen molar-refractivity contribution in [3.05, 3.63) is 59.7 Å². The number of hydrogen-bond acceptors (Lipinski definition) is 4. The van der Waals surface area contributed by atoms with E-state index in [-0.39, 0.29) is 0 Å². The van der Waals surface area contributed by atoms with Crippen LogP contribution in [0.2, 0.25) is 0 Å².